The summed E-state index contributed by atoms with van der Waals surface area (Å²) >= 11 is 9.57. The molecule has 4 nitrogen and oxygen atoms in total. The molecule has 2 aromatic carbocycles. The molecule has 0 bridgehead atoms. The number of aliphatic hydroxyl groups is 1. The van der Waals surface area contributed by atoms with E-state index >= 15 is 0 Å². The van der Waals surface area contributed by atoms with Gasteiger partial charge in [0.25, 0.3) is 0 Å². The molecule has 0 spiro atoms. The van der Waals surface area contributed by atoms with Crippen molar-refractivity contribution in [1.82, 2.24) is 0 Å². The Kier molecular flexibility index (Phi) is 7.05. The molecular weight excluding hydrogens is 526 g/mol. The summed E-state index contributed by atoms with van der Waals surface area (Å²) in [4.78, 5) is 27.3. The summed E-state index contributed by atoms with van der Waals surface area (Å²) in [5, 5.41) is 15.3. The molecule has 0 fully saturated rings. The number of anilines is 1. The minimum atomic E-state index is -0.648. The predicted molar refractivity (Wildman–Crippen MR) is 145 cm³/mol. The number of benzene rings is 2. The smallest absolute Gasteiger partial charge is 0.163 e. The number of carbonyl (C=O) groups is 2. The molecule has 1 atom stereocenters. The molecule has 1 unspecified atom stereocenters. The van der Waals surface area contributed by atoms with E-state index in [-0.39, 0.29) is 28.2 Å². The number of hydrogen-bond acceptors (Lipinski definition) is 4. The summed E-state index contributed by atoms with van der Waals surface area (Å²) in [5.74, 6) is -0.688. The van der Waals surface area contributed by atoms with Gasteiger partial charge in [-0.2, -0.15) is 0 Å². The molecule has 0 saturated carbocycles. The zero-order valence-electron chi connectivity index (χ0n) is 20.5. The zero-order chi connectivity index (χ0) is 25.5. The number of nitrogens with one attached hydrogen (secondary N) is 1. The van der Waals surface area contributed by atoms with Gasteiger partial charge >= 0.3 is 0 Å². The Hall–Kier alpha value is -2.37. The Morgan fingerprint density at radius 1 is 0.829 bits per heavy atom. The third-order valence-electron chi connectivity index (χ3n) is 6.74. The second-order valence-corrected chi connectivity index (χ2v) is 12.6. The van der Waals surface area contributed by atoms with Crippen molar-refractivity contribution in [3.63, 3.8) is 0 Å². The predicted octanol–water partition coefficient (Wildman–Crippen LogP) is 8.14. The van der Waals surface area contributed by atoms with Crippen LogP contribution in [0.2, 0.25) is 5.02 Å². The number of ketones is 2. The average Bonchev–Trinajstić information content (AvgIpc) is 2.72. The molecule has 0 radical (unpaired) electrons. The van der Waals surface area contributed by atoms with Gasteiger partial charge in [0, 0.05) is 57.2 Å². The third-order valence-corrected chi connectivity index (χ3v) is 7.52. The van der Waals surface area contributed by atoms with E-state index in [1.54, 1.807) is 12.1 Å². The van der Waals surface area contributed by atoms with Gasteiger partial charge in [-0.05, 0) is 59.2 Å². The second-order valence-electron chi connectivity index (χ2n) is 11.3. The minimum Gasteiger partial charge on any atom is -0.512 e. The molecule has 0 aliphatic heterocycles. The molecule has 2 aliphatic rings. The van der Waals surface area contributed by atoms with Crippen molar-refractivity contribution in [2.75, 3.05) is 5.32 Å². The number of aliphatic hydroxyl groups excluding tert-OH is 1. The molecule has 6 heteroatoms. The van der Waals surface area contributed by atoms with Crippen LogP contribution in [-0.4, -0.2) is 16.7 Å². The lowest BCUT2D eigenvalue weighted by Crippen LogP contribution is -2.34. The van der Waals surface area contributed by atoms with E-state index in [0.29, 0.717) is 41.9 Å². The number of carbonyl (C=O) groups excluding carboxylic acids is 2. The Bertz CT molecular complexity index is 1220. The molecule has 0 amide bonds. The summed E-state index contributed by atoms with van der Waals surface area (Å²) in [6.45, 7) is 8.11. The van der Waals surface area contributed by atoms with E-state index in [0.717, 1.165) is 21.4 Å². The highest BCUT2D eigenvalue weighted by Gasteiger charge is 2.43. The Morgan fingerprint density at radius 2 is 1.37 bits per heavy atom. The van der Waals surface area contributed by atoms with Gasteiger partial charge in [0.1, 0.15) is 5.76 Å². The first-order valence-corrected chi connectivity index (χ1v) is 13.0. The number of allylic oxidation sites excluding steroid dienone is 4. The summed E-state index contributed by atoms with van der Waals surface area (Å²) in [6.07, 6.45) is 1.73. The van der Waals surface area contributed by atoms with Gasteiger partial charge in [-0.15, -0.1) is 0 Å². The maximum atomic E-state index is 13.8. The van der Waals surface area contributed by atoms with Crippen molar-refractivity contribution in [1.29, 1.82) is 0 Å². The third kappa shape index (κ3) is 5.73. The van der Waals surface area contributed by atoms with Crippen LogP contribution in [0.3, 0.4) is 0 Å². The van der Waals surface area contributed by atoms with Gasteiger partial charge in [-0.1, -0.05) is 67.4 Å². The number of rotatable bonds is 5. The van der Waals surface area contributed by atoms with E-state index in [1.165, 1.54) is 0 Å². The lowest BCUT2D eigenvalue weighted by Gasteiger charge is -2.38. The van der Waals surface area contributed by atoms with Crippen LogP contribution >= 0.6 is 27.5 Å². The molecule has 184 valence electrons. The summed E-state index contributed by atoms with van der Waals surface area (Å²) in [6, 6.07) is 15.0. The second kappa shape index (κ2) is 9.59. The first kappa shape index (κ1) is 25.7. The van der Waals surface area contributed by atoms with Crippen LogP contribution in [0.5, 0.6) is 0 Å². The lowest BCUT2D eigenvalue weighted by atomic mass is 9.66. The van der Waals surface area contributed by atoms with Gasteiger partial charge < -0.3 is 10.4 Å². The van der Waals surface area contributed by atoms with Crippen LogP contribution in [0, 0.1) is 10.8 Å². The summed E-state index contributed by atoms with van der Waals surface area (Å²) < 4.78 is 0.902. The monoisotopic (exact) mass is 555 g/mol. The van der Waals surface area contributed by atoms with Crippen LogP contribution in [-0.2, 0) is 9.59 Å². The van der Waals surface area contributed by atoms with Crippen LogP contribution in [0.25, 0.3) is 0 Å². The van der Waals surface area contributed by atoms with Crippen LogP contribution in [0.1, 0.15) is 64.9 Å². The fourth-order valence-corrected chi connectivity index (χ4v) is 5.64. The minimum absolute atomic E-state index is 0.0106. The zero-order valence-corrected chi connectivity index (χ0v) is 22.9. The molecule has 0 heterocycles. The molecule has 2 aromatic rings. The number of Topliss-reactive ketones (excluding diaryl/α,β-unsaturated/α-hetero) is 2. The van der Waals surface area contributed by atoms with Crippen molar-refractivity contribution in [2.45, 2.75) is 59.3 Å². The summed E-state index contributed by atoms with van der Waals surface area (Å²) in [7, 11) is 0. The average molecular weight is 557 g/mol. The SMILES string of the molecule is CC1(C)CC(=O)C(C(C2=C(Nc3ccc(Cl)cc3)CC(C)(C)CC2=O)c2ccc(Br)cc2)=C(O)C1. The molecule has 0 saturated heterocycles. The highest BCUT2D eigenvalue weighted by molar-refractivity contribution is 9.10. The largest absolute Gasteiger partial charge is 0.512 e. The maximum Gasteiger partial charge on any atom is 0.163 e. The van der Waals surface area contributed by atoms with Gasteiger partial charge in [0.2, 0.25) is 0 Å². The van der Waals surface area contributed by atoms with Crippen molar-refractivity contribution >= 4 is 44.8 Å². The lowest BCUT2D eigenvalue weighted by molar-refractivity contribution is -0.119. The Labute approximate surface area is 220 Å². The Morgan fingerprint density at radius 3 is 1.94 bits per heavy atom. The van der Waals surface area contributed by atoms with E-state index in [9.17, 15) is 14.7 Å². The fraction of sp³-hybridized carbons (Fsp3) is 0.379. The molecule has 0 aromatic heterocycles. The molecule has 2 aliphatic carbocycles. The van der Waals surface area contributed by atoms with E-state index in [4.69, 9.17) is 11.6 Å². The standard InChI is InChI=1S/C29H31BrClNO3/c1-28(2)13-21(32-20-11-9-19(31)10-12-20)26(22(33)14-28)25(17-5-7-18(30)8-6-17)27-23(34)15-29(3,4)16-24(27)35/h5-12,25,32,34H,13-16H2,1-4H3. The molecule has 35 heavy (non-hydrogen) atoms. The molecular formula is C29H31BrClNO3. The van der Waals surface area contributed by atoms with Gasteiger partial charge in [-0.25, -0.2) is 0 Å². The number of halogens is 2. The van der Waals surface area contributed by atoms with Crippen molar-refractivity contribution < 1.29 is 14.7 Å². The van der Waals surface area contributed by atoms with Crippen molar-refractivity contribution in [3.8, 4) is 0 Å². The first-order chi connectivity index (χ1) is 16.3. The number of hydrogen-bond donors (Lipinski definition) is 2. The molecule has 4 rings (SSSR count). The highest BCUT2D eigenvalue weighted by Crippen LogP contribution is 2.48. The Balaban J connectivity index is 1.94. The molecule has 2 N–H and O–H groups in total. The van der Waals surface area contributed by atoms with Gasteiger partial charge in [0.05, 0.1) is 0 Å². The van der Waals surface area contributed by atoms with Crippen molar-refractivity contribution in [3.05, 3.63) is 86.2 Å². The quantitative estimate of drug-likeness (QED) is 0.390. The van der Waals surface area contributed by atoms with E-state index < -0.39 is 5.92 Å². The first-order valence-electron chi connectivity index (χ1n) is 11.8. The van der Waals surface area contributed by atoms with Crippen LogP contribution < -0.4 is 5.32 Å². The van der Waals surface area contributed by atoms with Crippen molar-refractivity contribution in [2.24, 2.45) is 10.8 Å². The van der Waals surface area contributed by atoms with E-state index in [1.807, 2.05) is 50.2 Å². The summed E-state index contributed by atoms with van der Waals surface area (Å²) in [5.41, 5.74) is 2.72. The van der Waals surface area contributed by atoms with Gasteiger partial charge in [0.15, 0.2) is 11.6 Å². The fourth-order valence-electron chi connectivity index (χ4n) is 5.25. The maximum absolute atomic E-state index is 13.8. The van der Waals surface area contributed by atoms with E-state index in [2.05, 4.69) is 35.1 Å². The topological polar surface area (TPSA) is 66.4 Å². The van der Waals surface area contributed by atoms with Crippen LogP contribution in [0.4, 0.5) is 5.69 Å². The van der Waals surface area contributed by atoms with Gasteiger partial charge in [-0.3, -0.25) is 9.59 Å². The highest BCUT2D eigenvalue weighted by atomic mass is 79.9. The van der Waals surface area contributed by atoms with Crippen LogP contribution in [0.15, 0.2) is 75.6 Å². The normalized spacial score (nSPS) is 20.7.